The molecule has 20 heavy (non-hydrogen) atoms. The molecule has 0 aliphatic heterocycles. The summed E-state index contributed by atoms with van der Waals surface area (Å²) in [6.45, 7) is 8.21. The first kappa shape index (κ1) is 15.0. The number of anilines is 1. The lowest BCUT2D eigenvalue weighted by Crippen LogP contribution is -2.22. The van der Waals surface area contributed by atoms with E-state index < -0.39 is 0 Å². The van der Waals surface area contributed by atoms with Crippen LogP contribution in [0.3, 0.4) is 0 Å². The van der Waals surface area contributed by atoms with E-state index in [1.165, 1.54) is 16.8 Å². The predicted molar refractivity (Wildman–Crippen MR) is 89.5 cm³/mol. The highest BCUT2D eigenvalue weighted by molar-refractivity contribution is 9.08. The van der Waals surface area contributed by atoms with Gasteiger partial charge in [0.2, 0.25) is 0 Å². The van der Waals surface area contributed by atoms with E-state index in [4.69, 9.17) is 0 Å². The molecular formula is C17H21BrN2. The van der Waals surface area contributed by atoms with Crippen molar-refractivity contribution in [3.05, 3.63) is 58.9 Å². The smallest absolute Gasteiger partial charge is 0.0602 e. The van der Waals surface area contributed by atoms with Crippen molar-refractivity contribution in [3.63, 3.8) is 0 Å². The number of halogens is 1. The van der Waals surface area contributed by atoms with E-state index in [0.29, 0.717) is 0 Å². The van der Waals surface area contributed by atoms with Gasteiger partial charge in [0.15, 0.2) is 0 Å². The van der Waals surface area contributed by atoms with Crippen molar-refractivity contribution in [2.24, 2.45) is 0 Å². The van der Waals surface area contributed by atoms with Crippen molar-refractivity contribution in [3.8, 4) is 0 Å². The van der Waals surface area contributed by atoms with Crippen LogP contribution < -0.4 is 4.90 Å². The molecule has 0 saturated carbocycles. The first-order chi connectivity index (χ1) is 9.63. The third kappa shape index (κ3) is 3.60. The van der Waals surface area contributed by atoms with Crippen molar-refractivity contribution in [2.45, 2.75) is 32.6 Å². The first-order valence-corrected chi connectivity index (χ1v) is 8.09. The molecule has 0 spiro atoms. The van der Waals surface area contributed by atoms with Crippen molar-refractivity contribution >= 4 is 21.6 Å². The lowest BCUT2D eigenvalue weighted by Gasteiger charge is -2.24. The second-order valence-electron chi connectivity index (χ2n) is 5.03. The molecule has 0 saturated heterocycles. The quantitative estimate of drug-likeness (QED) is 0.742. The van der Waals surface area contributed by atoms with Gasteiger partial charge in [0.1, 0.15) is 0 Å². The topological polar surface area (TPSA) is 16.1 Å². The number of rotatable bonds is 5. The van der Waals surface area contributed by atoms with Gasteiger partial charge in [-0.15, -0.1) is 0 Å². The molecule has 0 aliphatic carbocycles. The molecule has 0 N–H and O–H groups in total. The molecule has 0 aliphatic rings. The molecule has 0 atom stereocenters. The summed E-state index contributed by atoms with van der Waals surface area (Å²) in [5.41, 5.74) is 6.13. The summed E-state index contributed by atoms with van der Waals surface area (Å²) in [6, 6.07) is 12.9. The molecule has 1 aromatic heterocycles. The number of pyridine rings is 1. The molecule has 1 heterocycles. The van der Waals surface area contributed by atoms with Crippen LogP contribution in [0.5, 0.6) is 0 Å². The minimum Gasteiger partial charge on any atom is -0.366 e. The molecule has 106 valence electrons. The Labute approximate surface area is 130 Å². The zero-order valence-corrected chi connectivity index (χ0v) is 13.9. The first-order valence-electron chi connectivity index (χ1n) is 6.97. The average Bonchev–Trinajstić information content (AvgIpc) is 2.44. The minimum absolute atomic E-state index is 0.852. The molecule has 1 aromatic carbocycles. The highest BCUT2D eigenvalue weighted by atomic mass is 79.9. The predicted octanol–water partition coefficient (Wildman–Crippen LogP) is 4.62. The van der Waals surface area contributed by atoms with Gasteiger partial charge in [0.05, 0.1) is 12.2 Å². The fourth-order valence-corrected chi connectivity index (χ4v) is 2.92. The lowest BCUT2D eigenvalue weighted by molar-refractivity contribution is 0.805. The van der Waals surface area contributed by atoms with E-state index in [0.717, 1.165) is 29.8 Å². The Kier molecular flexibility index (Phi) is 5.18. The fourth-order valence-electron chi connectivity index (χ4n) is 2.30. The molecule has 0 bridgehead atoms. The lowest BCUT2D eigenvalue weighted by atomic mass is 10.1. The number of alkyl halides is 1. The number of hydrogen-bond donors (Lipinski definition) is 0. The van der Waals surface area contributed by atoms with E-state index in [1.807, 2.05) is 13.0 Å². The van der Waals surface area contributed by atoms with Crippen LogP contribution in [0.15, 0.2) is 36.4 Å². The van der Waals surface area contributed by atoms with Crippen molar-refractivity contribution in [2.75, 3.05) is 11.4 Å². The third-order valence-electron chi connectivity index (χ3n) is 3.52. The second kappa shape index (κ2) is 6.89. The zero-order chi connectivity index (χ0) is 14.5. The van der Waals surface area contributed by atoms with Gasteiger partial charge in [-0.2, -0.15) is 0 Å². The Morgan fingerprint density at radius 1 is 1.15 bits per heavy atom. The zero-order valence-electron chi connectivity index (χ0n) is 12.4. The summed E-state index contributed by atoms with van der Waals surface area (Å²) in [6.07, 6.45) is 0. The largest absolute Gasteiger partial charge is 0.366 e. The third-order valence-corrected chi connectivity index (χ3v) is 4.12. The Morgan fingerprint density at radius 2 is 1.95 bits per heavy atom. The highest BCUT2D eigenvalue weighted by Crippen LogP contribution is 2.22. The summed E-state index contributed by atoms with van der Waals surface area (Å²) < 4.78 is 0. The fraction of sp³-hybridized carbons (Fsp3) is 0.353. The molecule has 3 heteroatoms. The van der Waals surface area contributed by atoms with Crippen LogP contribution >= 0.6 is 15.9 Å². The summed E-state index contributed by atoms with van der Waals surface area (Å²) in [4.78, 5) is 6.95. The van der Waals surface area contributed by atoms with E-state index in [-0.39, 0.29) is 0 Å². The minimum atomic E-state index is 0.852. The van der Waals surface area contributed by atoms with E-state index in [9.17, 15) is 0 Å². The SMILES string of the molecule is CCN(Cc1cccc(C)n1)c1ccc(CBr)c(C)c1. The molecule has 2 nitrogen and oxygen atoms in total. The Hall–Kier alpha value is -1.35. The molecular weight excluding hydrogens is 312 g/mol. The van der Waals surface area contributed by atoms with Gasteiger partial charge in [0, 0.05) is 23.3 Å². The van der Waals surface area contributed by atoms with Gasteiger partial charge in [-0.3, -0.25) is 4.98 Å². The Bertz CT molecular complexity index is 581. The molecule has 0 radical (unpaired) electrons. The average molecular weight is 333 g/mol. The monoisotopic (exact) mass is 332 g/mol. The van der Waals surface area contributed by atoms with Crippen molar-refractivity contribution < 1.29 is 0 Å². The molecule has 2 aromatic rings. The number of aromatic nitrogens is 1. The maximum Gasteiger partial charge on any atom is 0.0602 e. The van der Waals surface area contributed by atoms with E-state index in [1.54, 1.807) is 0 Å². The molecule has 0 unspecified atom stereocenters. The standard InChI is InChI=1S/C17H21BrN2/c1-4-20(12-16-7-5-6-14(3)19-16)17-9-8-15(11-18)13(2)10-17/h5-10H,4,11-12H2,1-3H3. The maximum absolute atomic E-state index is 4.59. The van der Waals surface area contributed by atoms with Crippen LogP contribution in [0.1, 0.15) is 29.4 Å². The van der Waals surface area contributed by atoms with Gasteiger partial charge in [0.25, 0.3) is 0 Å². The summed E-state index contributed by atoms with van der Waals surface area (Å²) in [5, 5.41) is 0.907. The van der Waals surface area contributed by atoms with Crippen LogP contribution in [0.25, 0.3) is 0 Å². The van der Waals surface area contributed by atoms with Crippen LogP contribution in [-0.2, 0) is 11.9 Å². The molecule has 0 amide bonds. The molecule has 2 rings (SSSR count). The van der Waals surface area contributed by atoms with Crippen LogP contribution in [0.4, 0.5) is 5.69 Å². The van der Waals surface area contributed by atoms with Crippen LogP contribution in [0.2, 0.25) is 0 Å². The molecule has 0 fully saturated rings. The van der Waals surface area contributed by atoms with Crippen molar-refractivity contribution in [1.82, 2.24) is 4.98 Å². The summed E-state index contributed by atoms with van der Waals surface area (Å²) in [7, 11) is 0. The van der Waals surface area contributed by atoms with Crippen LogP contribution in [-0.4, -0.2) is 11.5 Å². The number of hydrogen-bond acceptors (Lipinski definition) is 2. The second-order valence-corrected chi connectivity index (χ2v) is 5.59. The number of aryl methyl sites for hydroxylation is 2. The Morgan fingerprint density at radius 3 is 2.55 bits per heavy atom. The van der Waals surface area contributed by atoms with Crippen molar-refractivity contribution in [1.29, 1.82) is 0 Å². The van der Waals surface area contributed by atoms with Crippen LogP contribution in [0, 0.1) is 13.8 Å². The number of benzene rings is 1. The van der Waals surface area contributed by atoms with E-state index in [2.05, 4.69) is 70.0 Å². The maximum atomic E-state index is 4.59. The van der Waals surface area contributed by atoms with Gasteiger partial charge in [-0.05, 0) is 56.2 Å². The highest BCUT2D eigenvalue weighted by Gasteiger charge is 2.08. The number of nitrogens with zero attached hydrogens (tertiary/aromatic N) is 2. The normalized spacial score (nSPS) is 10.6. The summed E-state index contributed by atoms with van der Waals surface area (Å²) >= 11 is 3.53. The Balaban J connectivity index is 2.22. The van der Waals surface area contributed by atoms with E-state index >= 15 is 0 Å². The van der Waals surface area contributed by atoms with Gasteiger partial charge >= 0.3 is 0 Å². The van der Waals surface area contributed by atoms with Gasteiger partial charge < -0.3 is 4.90 Å². The summed E-state index contributed by atoms with van der Waals surface area (Å²) in [5.74, 6) is 0. The van der Waals surface area contributed by atoms with Gasteiger partial charge in [-0.1, -0.05) is 28.1 Å². The van der Waals surface area contributed by atoms with Gasteiger partial charge in [-0.25, -0.2) is 0 Å².